The predicted molar refractivity (Wildman–Crippen MR) is 199 cm³/mol. The van der Waals surface area contributed by atoms with Gasteiger partial charge in [0.25, 0.3) is 0 Å². The van der Waals surface area contributed by atoms with Gasteiger partial charge in [0.05, 0.1) is 36.4 Å². The Balaban J connectivity index is 2.33. The summed E-state index contributed by atoms with van der Waals surface area (Å²) in [6, 6.07) is 0. The molecule has 9 nitrogen and oxygen atoms in total. The number of hydrogen-bond donors (Lipinski definition) is 4. The molecule has 0 aliphatic carbocycles. The zero-order chi connectivity index (χ0) is 37.1. The van der Waals surface area contributed by atoms with Gasteiger partial charge in [0, 0.05) is 37.4 Å². The van der Waals surface area contributed by atoms with Crippen LogP contribution in [0, 0.1) is 17.8 Å². The van der Waals surface area contributed by atoms with Gasteiger partial charge in [-0.25, -0.2) is 9.78 Å². The maximum Gasteiger partial charge on any atom is 0.331 e. The van der Waals surface area contributed by atoms with Gasteiger partial charge in [-0.2, -0.15) is 0 Å². The zero-order valence-corrected chi connectivity index (χ0v) is 30.4. The molecule has 1 aliphatic rings. The minimum Gasteiger partial charge on any atom is -0.458 e. The number of esters is 1. The number of aliphatic hydroxyl groups is 4. The van der Waals surface area contributed by atoms with Crippen molar-refractivity contribution in [1.29, 1.82) is 0 Å². The monoisotopic (exact) mass is 691 g/mol. The molecule has 10 atom stereocenters. The van der Waals surface area contributed by atoms with Crippen LogP contribution >= 0.6 is 0 Å². The second kappa shape index (κ2) is 22.8. The molecule has 9 heteroatoms. The minimum absolute atomic E-state index is 0.134. The number of carbonyl (C=O) groups excluding carboxylic acids is 1. The molecule has 2 heterocycles. The Morgan fingerprint density at radius 1 is 0.860 bits per heavy atom. The highest BCUT2D eigenvalue weighted by molar-refractivity contribution is 5.82. The molecule has 0 unspecified atom stereocenters. The van der Waals surface area contributed by atoms with E-state index in [1.807, 2.05) is 58.1 Å². The number of hydrogen-bond acceptors (Lipinski definition) is 9. The topological polar surface area (TPSA) is 142 Å². The Morgan fingerprint density at radius 2 is 1.48 bits per heavy atom. The van der Waals surface area contributed by atoms with Gasteiger partial charge in [0.1, 0.15) is 18.1 Å². The summed E-state index contributed by atoms with van der Waals surface area (Å²) in [6.45, 7) is 11.1. The van der Waals surface area contributed by atoms with E-state index in [-0.39, 0.29) is 30.3 Å². The van der Waals surface area contributed by atoms with Gasteiger partial charge in [-0.15, -0.1) is 0 Å². The Hall–Kier alpha value is -3.86. The molecule has 2 bridgehead atoms. The van der Waals surface area contributed by atoms with Crippen molar-refractivity contribution in [3.63, 3.8) is 0 Å². The molecular formula is C41H57NO8. The number of ether oxygens (including phenoxy) is 2. The highest BCUT2D eigenvalue weighted by Gasteiger charge is 2.31. The highest BCUT2D eigenvalue weighted by atomic mass is 16.5. The lowest BCUT2D eigenvalue weighted by atomic mass is 9.86. The van der Waals surface area contributed by atoms with E-state index < -0.39 is 42.4 Å². The molecule has 0 saturated carbocycles. The molecule has 1 aromatic heterocycles. The van der Waals surface area contributed by atoms with Gasteiger partial charge in [-0.3, -0.25) is 0 Å². The van der Waals surface area contributed by atoms with Gasteiger partial charge in [0.15, 0.2) is 5.89 Å². The lowest BCUT2D eigenvalue weighted by molar-refractivity contribution is -0.150. The van der Waals surface area contributed by atoms with E-state index in [0.29, 0.717) is 18.0 Å². The Labute approximate surface area is 298 Å². The fourth-order valence-electron chi connectivity index (χ4n) is 5.43. The van der Waals surface area contributed by atoms with Crippen molar-refractivity contribution in [2.75, 3.05) is 7.11 Å². The minimum atomic E-state index is -0.873. The van der Waals surface area contributed by atoms with E-state index in [1.165, 1.54) is 6.08 Å². The van der Waals surface area contributed by atoms with E-state index in [4.69, 9.17) is 13.9 Å². The first kappa shape index (κ1) is 42.3. The molecule has 0 spiro atoms. The maximum absolute atomic E-state index is 12.8. The number of cyclic esters (lactones) is 1. The molecule has 0 aromatic carbocycles. The number of carbonyl (C=O) groups is 1. The summed E-state index contributed by atoms with van der Waals surface area (Å²) < 4.78 is 17.2. The summed E-state index contributed by atoms with van der Waals surface area (Å²) in [5, 5.41) is 41.8. The average Bonchev–Trinajstić information content (AvgIpc) is 3.55. The zero-order valence-electron chi connectivity index (χ0n) is 30.4. The largest absolute Gasteiger partial charge is 0.458 e. The molecule has 0 saturated heterocycles. The summed E-state index contributed by atoms with van der Waals surface area (Å²) >= 11 is 0. The van der Waals surface area contributed by atoms with Gasteiger partial charge in [0.2, 0.25) is 0 Å². The van der Waals surface area contributed by atoms with E-state index in [2.05, 4.69) is 4.98 Å². The Kier molecular flexibility index (Phi) is 19.3. The third-order valence-corrected chi connectivity index (χ3v) is 8.50. The molecule has 2 rings (SSSR count). The molecular weight excluding hydrogens is 634 g/mol. The van der Waals surface area contributed by atoms with Gasteiger partial charge in [-0.1, -0.05) is 124 Å². The smallest absolute Gasteiger partial charge is 0.331 e. The molecule has 50 heavy (non-hydrogen) atoms. The second-order valence-corrected chi connectivity index (χ2v) is 13.0. The summed E-state index contributed by atoms with van der Waals surface area (Å²) in [4.78, 5) is 17.3. The Morgan fingerprint density at radius 3 is 2.16 bits per heavy atom. The first-order valence-electron chi connectivity index (χ1n) is 17.3. The number of nitrogens with zero attached hydrogens (tertiary/aromatic N) is 1. The third-order valence-electron chi connectivity index (χ3n) is 8.50. The molecule has 4 N–H and O–H groups in total. The summed E-state index contributed by atoms with van der Waals surface area (Å²) in [6.07, 6.45) is 27.9. The number of aromatic nitrogens is 1. The van der Waals surface area contributed by atoms with Crippen LogP contribution in [0.25, 0.3) is 6.08 Å². The van der Waals surface area contributed by atoms with E-state index in [9.17, 15) is 25.2 Å². The van der Waals surface area contributed by atoms with Crippen LogP contribution in [-0.4, -0.2) is 75.1 Å². The summed E-state index contributed by atoms with van der Waals surface area (Å²) in [7, 11) is 1.59. The van der Waals surface area contributed by atoms with Crippen LogP contribution < -0.4 is 0 Å². The normalized spacial score (nSPS) is 34.6. The second-order valence-electron chi connectivity index (χ2n) is 13.0. The number of methoxy groups -OCH3 is 1. The maximum atomic E-state index is 12.8. The number of fused-ring (bicyclic) bond motifs is 2. The SMILES string of the molecule is CO[C@@H]1C[C@@H](O)/C=C/C=C/C=C\[C@H](C)[C@@H]([C@@H](C)[C@@H](O)C[C@@H](C)O)OC(=O)\C=C/C=C/C=C\C(C)=C\[C@@H](C)[C@@H](O)/C=C\C=C\c2coc(n2)[C@@H]1C. The lowest BCUT2D eigenvalue weighted by Crippen LogP contribution is -2.38. The van der Waals surface area contributed by atoms with Gasteiger partial charge < -0.3 is 34.3 Å². The lowest BCUT2D eigenvalue weighted by Gasteiger charge is -2.31. The van der Waals surface area contributed by atoms with Crippen molar-refractivity contribution in [2.24, 2.45) is 17.8 Å². The van der Waals surface area contributed by atoms with Crippen molar-refractivity contribution in [1.82, 2.24) is 4.98 Å². The van der Waals surface area contributed by atoms with E-state index >= 15 is 0 Å². The fourth-order valence-corrected chi connectivity index (χ4v) is 5.43. The molecule has 0 amide bonds. The van der Waals surface area contributed by atoms with Crippen molar-refractivity contribution in [3.05, 3.63) is 121 Å². The van der Waals surface area contributed by atoms with Crippen molar-refractivity contribution in [2.45, 2.75) is 96.9 Å². The van der Waals surface area contributed by atoms with Gasteiger partial charge >= 0.3 is 5.97 Å². The van der Waals surface area contributed by atoms with Crippen LogP contribution in [0.3, 0.4) is 0 Å². The van der Waals surface area contributed by atoms with Gasteiger partial charge in [-0.05, 0) is 26.3 Å². The number of aliphatic hydroxyl groups excluding tert-OH is 4. The standard InChI is InChI=1S/C41H57NO8/c1-28-18-12-8-11-15-23-39(47)50-40(32(5)37(46)25-31(4)43)29(2)19-13-9-10-14-21-35(44)26-38(48-7)33(6)41-42-34(27-49-41)20-16-17-22-36(45)30(3)24-28/h8-24,27,29-33,35-38,40,43-46H,25-26H2,1-7H3/b10-9+,11-8+,18-12-,19-13-,20-16+,21-14+,22-17-,23-15-,28-24+/t29-,30+,31+,32-,33+,35-,36-,37-,38+,40-/m0/s1. The highest BCUT2D eigenvalue weighted by Crippen LogP contribution is 2.26. The summed E-state index contributed by atoms with van der Waals surface area (Å²) in [5.41, 5.74) is 1.60. The van der Waals surface area contributed by atoms with Crippen LogP contribution in [0.1, 0.15) is 71.9 Å². The predicted octanol–water partition coefficient (Wildman–Crippen LogP) is 6.72. The number of oxazole rings is 1. The first-order chi connectivity index (χ1) is 23.8. The molecule has 1 aromatic rings. The van der Waals surface area contributed by atoms with Crippen LogP contribution in [0.4, 0.5) is 0 Å². The first-order valence-corrected chi connectivity index (χ1v) is 17.3. The molecule has 274 valence electrons. The third kappa shape index (κ3) is 15.8. The van der Waals surface area contributed by atoms with Crippen molar-refractivity contribution < 1.29 is 39.1 Å². The van der Waals surface area contributed by atoms with E-state index in [0.717, 1.165) is 5.57 Å². The van der Waals surface area contributed by atoms with Crippen LogP contribution in [-0.2, 0) is 14.3 Å². The van der Waals surface area contributed by atoms with Crippen LogP contribution in [0.5, 0.6) is 0 Å². The molecule has 1 aliphatic heterocycles. The number of rotatable bonds is 5. The van der Waals surface area contributed by atoms with Crippen molar-refractivity contribution in [3.8, 4) is 0 Å². The number of allylic oxidation sites excluding steroid dienone is 12. The van der Waals surface area contributed by atoms with Crippen molar-refractivity contribution >= 4 is 12.0 Å². The Bertz CT molecular complexity index is 1430. The van der Waals surface area contributed by atoms with Crippen LogP contribution in [0.15, 0.2) is 113 Å². The fraction of sp³-hybridized carbons (Fsp3) is 0.463. The molecule has 0 radical (unpaired) electrons. The quantitative estimate of drug-likeness (QED) is 0.248. The average molecular weight is 692 g/mol. The van der Waals surface area contributed by atoms with E-state index in [1.54, 1.807) is 94.1 Å². The van der Waals surface area contributed by atoms with Crippen LogP contribution in [0.2, 0.25) is 0 Å². The summed E-state index contributed by atoms with van der Waals surface area (Å²) in [5.74, 6) is -1.10. The molecule has 0 fully saturated rings.